The summed E-state index contributed by atoms with van der Waals surface area (Å²) in [6, 6.07) is 10.3. The van der Waals surface area contributed by atoms with Crippen LogP contribution in [0.4, 0.5) is 0 Å². The number of aromatic hydroxyl groups is 1. The Kier molecular flexibility index (Phi) is 3.10. The van der Waals surface area contributed by atoms with E-state index in [9.17, 15) is 10.2 Å². The number of aromatic nitrogens is 1. The zero-order chi connectivity index (χ0) is 21.4. The Labute approximate surface area is 187 Å². The molecule has 1 spiro atoms. The second kappa shape index (κ2) is 5.52. The maximum Gasteiger partial charge on any atom is 0.166 e. The van der Waals surface area contributed by atoms with E-state index in [4.69, 9.17) is 4.74 Å². The molecule has 0 radical (unpaired) electrons. The van der Waals surface area contributed by atoms with Crippen molar-refractivity contribution in [3.63, 3.8) is 0 Å². The smallest absolute Gasteiger partial charge is 0.166 e. The number of aliphatic hydroxyl groups is 1. The summed E-state index contributed by atoms with van der Waals surface area (Å²) in [5, 5.41) is 24.8. The predicted molar refractivity (Wildman–Crippen MR) is 121 cm³/mol. The third kappa shape index (κ3) is 1.87. The molecular weight excluding hydrogens is 400 g/mol. The quantitative estimate of drug-likeness (QED) is 0.580. The second-order valence-electron chi connectivity index (χ2n) is 10.9. The molecule has 5 heteroatoms. The molecule has 0 unspecified atom stereocenters. The van der Waals surface area contributed by atoms with Crippen LogP contribution in [0, 0.1) is 12.8 Å². The fourth-order valence-electron chi connectivity index (χ4n) is 7.87. The molecule has 164 valence electrons. The molecule has 3 aromatic rings. The summed E-state index contributed by atoms with van der Waals surface area (Å²) in [6.45, 7) is 4.22. The van der Waals surface area contributed by atoms with Crippen molar-refractivity contribution in [3.8, 4) is 11.5 Å². The SMILES string of the molecule is Cc1cccc2[nH]c3c(c12)C[C@@]1(O)[C@H]2Cc4ccc(O)c5c4[C@@]1(CCN2CC1CC1)[C@H]3O5. The normalized spacial score (nSPS) is 34.3. The Balaban J connectivity index is 1.43. The van der Waals surface area contributed by atoms with Crippen molar-refractivity contribution in [3.05, 3.63) is 58.3 Å². The number of rotatable bonds is 2. The lowest BCUT2D eigenvalue weighted by molar-refractivity contribution is -0.173. The van der Waals surface area contributed by atoms with E-state index in [2.05, 4.69) is 41.1 Å². The molecule has 1 aromatic heterocycles. The Bertz CT molecular complexity index is 1320. The molecule has 5 aliphatic rings. The predicted octanol–water partition coefficient (Wildman–Crippen LogP) is 3.88. The lowest BCUT2D eigenvalue weighted by Gasteiger charge is -2.62. The minimum Gasteiger partial charge on any atom is -0.504 e. The van der Waals surface area contributed by atoms with Crippen LogP contribution < -0.4 is 4.74 Å². The Morgan fingerprint density at radius 1 is 1.22 bits per heavy atom. The first-order valence-corrected chi connectivity index (χ1v) is 12.1. The van der Waals surface area contributed by atoms with Crippen molar-refractivity contribution < 1.29 is 14.9 Å². The Morgan fingerprint density at radius 3 is 2.94 bits per heavy atom. The number of aromatic amines is 1. The fraction of sp³-hybridized carbons (Fsp3) is 0.481. The van der Waals surface area contributed by atoms with Crippen LogP contribution in [0.5, 0.6) is 11.5 Å². The van der Waals surface area contributed by atoms with Gasteiger partial charge in [-0.05, 0) is 73.9 Å². The zero-order valence-corrected chi connectivity index (χ0v) is 18.3. The number of H-pyrrole nitrogens is 1. The van der Waals surface area contributed by atoms with Gasteiger partial charge in [-0.1, -0.05) is 18.2 Å². The van der Waals surface area contributed by atoms with E-state index in [0.717, 1.165) is 48.6 Å². The highest BCUT2D eigenvalue weighted by molar-refractivity contribution is 5.89. The molecule has 1 saturated heterocycles. The summed E-state index contributed by atoms with van der Waals surface area (Å²) < 4.78 is 6.64. The minimum atomic E-state index is -0.915. The van der Waals surface area contributed by atoms with Gasteiger partial charge in [-0.2, -0.15) is 0 Å². The van der Waals surface area contributed by atoms with E-state index in [-0.39, 0.29) is 17.9 Å². The molecule has 2 aromatic carbocycles. The van der Waals surface area contributed by atoms with Gasteiger partial charge in [0.05, 0.1) is 16.7 Å². The monoisotopic (exact) mass is 428 g/mol. The standard InChI is InChI=1S/C27H28N2O3/c1-14-3-2-4-18-21(14)17-12-27(31)20-11-16-7-8-19(30)24-22(16)26(27,25(32-24)23(17)28-18)9-10-29(20)13-15-5-6-15/h2-4,7-8,15,20,25,28,30-31H,5-6,9-13H2,1H3/t20-,25+,26+,27-/m1/s1. The molecule has 0 amide bonds. The van der Waals surface area contributed by atoms with Crippen molar-refractivity contribution >= 4 is 10.9 Å². The van der Waals surface area contributed by atoms with Crippen LogP contribution in [-0.4, -0.2) is 44.8 Å². The van der Waals surface area contributed by atoms with Crippen LogP contribution >= 0.6 is 0 Å². The highest BCUT2D eigenvalue weighted by atomic mass is 16.5. The zero-order valence-electron chi connectivity index (χ0n) is 18.3. The summed E-state index contributed by atoms with van der Waals surface area (Å²) in [4.78, 5) is 6.27. The third-order valence-corrected chi connectivity index (χ3v) is 9.39. The number of ether oxygens (including phenoxy) is 1. The van der Waals surface area contributed by atoms with E-state index in [1.807, 2.05) is 0 Å². The Hall–Kier alpha value is -2.50. The number of hydrogen-bond acceptors (Lipinski definition) is 4. The van der Waals surface area contributed by atoms with Crippen LogP contribution in [0.1, 0.15) is 53.3 Å². The minimum absolute atomic E-state index is 0.0769. The number of phenols is 1. The molecule has 8 rings (SSSR count). The largest absolute Gasteiger partial charge is 0.504 e. The first kappa shape index (κ1) is 18.0. The van der Waals surface area contributed by atoms with Crippen LogP contribution in [0.25, 0.3) is 10.9 Å². The van der Waals surface area contributed by atoms with E-state index < -0.39 is 11.0 Å². The number of piperidine rings is 1. The molecule has 32 heavy (non-hydrogen) atoms. The fourth-order valence-corrected chi connectivity index (χ4v) is 7.87. The average molecular weight is 429 g/mol. The van der Waals surface area contributed by atoms with Crippen molar-refractivity contribution in [2.24, 2.45) is 5.92 Å². The van der Waals surface area contributed by atoms with E-state index >= 15 is 0 Å². The molecule has 4 atom stereocenters. The van der Waals surface area contributed by atoms with Gasteiger partial charge in [0, 0.05) is 35.5 Å². The Morgan fingerprint density at radius 2 is 2.09 bits per heavy atom. The van der Waals surface area contributed by atoms with Crippen molar-refractivity contribution in [2.75, 3.05) is 13.1 Å². The van der Waals surface area contributed by atoms with Crippen molar-refractivity contribution in [1.29, 1.82) is 0 Å². The van der Waals surface area contributed by atoms with Crippen molar-refractivity contribution in [2.45, 2.75) is 62.2 Å². The molecule has 2 bridgehead atoms. The maximum absolute atomic E-state index is 12.8. The third-order valence-electron chi connectivity index (χ3n) is 9.39. The highest BCUT2D eigenvalue weighted by Gasteiger charge is 2.72. The topological polar surface area (TPSA) is 68.7 Å². The van der Waals surface area contributed by atoms with Crippen LogP contribution in [-0.2, 0) is 18.3 Å². The molecular formula is C27H28N2O3. The van der Waals surface area contributed by atoms with Gasteiger partial charge in [0.15, 0.2) is 17.6 Å². The number of aryl methyl sites for hydroxylation is 1. The molecule has 3 heterocycles. The highest BCUT2D eigenvalue weighted by Crippen LogP contribution is 2.69. The summed E-state index contributed by atoms with van der Waals surface area (Å²) in [5.74, 6) is 1.58. The van der Waals surface area contributed by atoms with E-state index in [1.165, 1.54) is 34.9 Å². The number of phenolic OH excluding ortho intramolecular Hbond substituents is 1. The maximum atomic E-state index is 12.8. The molecule has 2 fully saturated rings. The van der Waals surface area contributed by atoms with Crippen LogP contribution in [0.2, 0.25) is 0 Å². The summed E-state index contributed by atoms with van der Waals surface area (Å²) in [7, 11) is 0. The van der Waals surface area contributed by atoms with E-state index in [1.54, 1.807) is 6.07 Å². The summed E-state index contributed by atoms with van der Waals surface area (Å²) in [6.07, 6.45) is 4.65. The van der Waals surface area contributed by atoms with Crippen LogP contribution in [0.15, 0.2) is 30.3 Å². The molecule has 3 N–H and O–H groups in total. The number of benzene rings is 2. The average Bonchev–Trinajstić information content (AvgIpc) is 3.39. The summed E-state index contributed by atoms with van der Waals surface area (Å²) in [5.41, 5.74) is 5.53. The van der Waals surface area contributed by atoms with Gasteiger partial charge in [0.25, 0.3) is 0 Å². The van der Waals surface area contributed by atoms with Gasteiger partial charge < -0.3 is 19.9 Å². The van der Waals surface area contributed by atoms with Crippen LogP contribution in [0.3, 0.4) is 0 Å². The van der Waals surface area contributed by atoms with Gasteiger partial charge in [0.1, 0.15) is 0 Å². The second-order valence-corrected chi connectivity index (χ2v) is 10.9. The number of likely N-dealkylation sites (tertiary alicyclic amines) is 1. The number of fused-ring (bicyclic) bond motifs is 4. The van der Waals surface area contributed by atoms with E-state index in [0.29, 0.717) is 12.2 Å². The first-order chi connectivity index (χ1) is 15.5. The molecule has 5 nitrogen and oxygen atoms in total. The molecule has 2 aliphatic heterocycles. The van der Waals surface area contributed by atoms with Gasteiger partial charge in [-0.25, -0.2) is 0 Å². The van der Waals surface area contributed by atoms with Gasteiger partial charge in [-0.3, -0.25) is 4.90 Å². The molecule has 1 saturated carbocycles. The number of nitrogens with one attached hydrogen (secondary N) is 1. The van der Waals surface area contributed by atoms with Gasteiger partial charge in [0.2, 0.25) is 0 Å². The lowest BCUT2D eigenvalue weighted by atomic mass is 9.49. The molecule has 3 aliphatic carbocycles. The van der Waals surface area contributed by atoms with Gasteiger partial charge in [-0.15, -0.1) is 0 Å². The van der Waals surface area contributed by atoms with Crippen molar-refractivity contribution in [1.82, 2.24) is 9.88 Å². The lowest BCUT2D eigenvalue weighted by Crippen LogP contribution is -2.74. The number of nitrogens with zero attached hydrogens (tertiary/aromatic N) is 1. The first-order valence-electron chi connectivity index (χ1n) is 12.1. The van der Waals surface area contributed by atoms with Gasteiger partial charge >= 0.3 is 0 Å². The summed E-state index contributed by atoms with van der Waals surface area (Å²) >= 11 is 0. The number of hydrogen-bond donors (Lipinski definition) is 3.